The maximum absolute atomic E-state index is 11.5. The molecule has 0 aromatic heterocycles. The first-order chi connectivity index (χ1) is 20.0. The molecule has 3 aromatic rings. The smallest absolute Gasteiger partial charge is 0.305 e. The molecule has 6 atom stereocenters. The van der Waals surface area contributed by atoms with Crippen LogP contribution in [0.5, 0.6) is 0 Å². The predicted molar refractivity (Wildman–Crippen MR) is 165 cm³/mol. The molecule has 1 N–H and O–H groups in total. The molecule has 4 heteroatoms. The third-order valence-electron chi connectivity index (χ3n) is 9.20. The number of esters is 1. The Balaban J connectivity index is 1.36. The standard InChI is InChI=1S/C37H42O4/c1-27(28-13-7-5-8-14-28)34(38)24-23-32-33(17-11-3-4-12-18-36(39)40-2)37(25-35(32)41-26-37)31-21-19-30(20-22-31)29-15-9-6-10-16-29/h3,5-11,13-16,19-24,27,32-35,38H,4,12,17-18,25-26H2,1-2H3/t27?,32-,33-,34+,35-,37-/m0/s1. The highest BCUT2D eigenvalue weighted by molar-refractivity contribution is 5.69. The van der Waals surface area contributed by atoms with Crippen LogP contribution in [0.3, 0.4) is 0 Å². The van der Waals surface area contributed by atoms with Crippen molar-refractivity contribution in [1.82, 2.24) is 0 Å². The van der Waals surface area contributed by atoms with Gasteiger partial charge in [-0.1, -0.05) is 116 Å². The van der Waals surface area contributed by atoms with Crippen molar-refractivity contribution >= 4 is 5.97 Å². The van der Waals surface area contributed by atoms with Crippen molar-refractivity contribution in [3.05, 3.63) is 120 Å². The number of carbonyl (C=O) groups is 1. The number of aliphatic hydroxyl groups excluding tert-OH is 1. The first kappa shape index (κ1) is 29.0. The molecule has 2 fully saturated rings. The van der Waals surface area contributed by atoms with E-state index in [2.05, 4.69) is 85.8 Å². The number of aliphatic hydroxyl groups is 1. The van der Waals surface area contributed by atoms with Crippen molar-refractivity contribution in [3.63, 3.8) is 0 Å². The lowest BCUT2D eigenvalue weighted by Gasteiger charge is -2.38. The summed E-state index contributed by atoms with van der Waals surface area (Å²) in [7, 11) is 1.44. The summed E-state index contributed by atoms with van der Waals surface area (Å²) in [6.45, 7) is 2.79. The Hall–Kier alpha value is -3.47. The van der Waals surface area contributed by atoms with Crippen LogP contribution < -0.4 is 0 Å². The van der Waals surface area contributed by atoms with Gasteiger partial charge in [-0.3, -0.25) is 4.79 Å². The number of methoxy groups -OCH3 is 1. The van der Waals surface area contributed by atoms with Gasteiger partial charge >= 0.3 is 5.97 Å². The summed E-state index contributed by atoms with van der Waals surface area (Å²) in [5, 5.41) is 11.1. The molecule has 5 rings (SSSR count). The van der Waals surface area contributed by atoms with Gasteiger partial charge in [0.05, 0.1) is 25.9 Å². The second-order valence-electron chi connectivity index (χ2n) is 11.6. The molecule has 0 spiro atoms. The molecule has 3 aromatic carbocycles. The van der Waals surface area contributed by atoms with Crippen molar-refractivity contribution in [3.8, 4) is 11.1 Å². The fourth-order valence-corrected chi connectivity index (χ4v) is 6.74. The molecule has 1 aliphatic carbocycles. The van der Waals surface area contributed by atoms with E-state index in [1.54, 1.807) is 0 Å². The van der Waals surface area contributed by atoms with Crippen molar-refractivity contribution < 1.29 is 19.4 Å². The zero-order valence-corrected chi connectivity index (χ0v) is 24.2. The first-order valence-electron chi connectivity index (χ1n) is 14.9. The van der Waals surface area contributed by atoms with E-state index in [-0.39, 0.29) is 29.3 Å². The van der Waals surface area contributed by atoms with E-state index in [1.807, 2.05) is 30.3 Å². The molecular weight excluding hydrogens is 508 g/mol. The van der Waals surface area contributed by atoms with Crippen molar-refractivity contribution in [2.24, 2.45) is 11.8 Å². The fourth-order valence-electron chi connectivity index (χ4n) is 6.74. The monoisotopic (exact) mass is 550 g/mol. The second-order valence-corrected chi connectivity index (χ2v) is 11.6. The molecule has 1 aliphatic heterocycles. The van der Waals surface area contributed by atoms with E-state index in [0.717, 1.165) is 37.9 Å². The molecule has 2 bridgehead atoms. The lowest BCUT2D eigenvalue weighted by molar-refractivity contribution is -0.140. The predicted octanol–water partition coefficient (Wildman–Crippen LogP) is 7.64. The number of unbranched alkanes of at least 4 members (excludes halogenated alkanes) is 1. The van der Waals surface area contributed by atoms with Crippen molar-refractivity contribution in [2.45, 2.75) is 62.6 Å². The molecule has 214 valence electrons. The van der Waals surface area contributed by atoms with Gasteiger partial charge in [0, 0.05) is 23.7 Å². The Bertz CT molecular complexity index is 1310. The Kier molecular flexibility index (Phi) is 9.53. The molecule has 1 unspecified atom stereocenters. The summed E-state index contributed by atoms with van der Waals surface area (Å²) in [6, 6.07) is 29.7. The van der Waals surface area contributed by atoms with E-state index in [0.29, 0.717) is 12.3 Å². The summed E-state index contributed by atoms with van der Waals surface area (Å²) in [5.74, 6) is 0.431. The van der Waals surface area contributed by atoms with Crippen LogP contribution in [-0.2, 0) is 19.7 Å². The number of carbonyl (C=O) groups excluding carboxylic acids is 1. The number of allylic oxidation sites excluding steroid dienone is 2. The lowest BCUT2D eigenvalue weighted by Crippen LogP contribution is -2.39. The Morgan fingerprint density at radius 2 is 1.68 bits per heavy atom. The molecule has 1 heterocycles. The van der Waals surface area contributed by atoms with Gasteiger partial charge in [-0.25, -0.2) is 0 Å². The van der Waals surface area contributed by atoms with E-state index in [1.165, 1.54) is 23.8 Å². The summed E-state index contributed by atoms with van der Waals surface area (Å²) in [4.78, 5) is 11.5. The van der Waals surface area contributed by atoms with Crippen LogP contribution in [0.15, 0.2) is 109 Å². The van der Waals surface area contributed by atoms with Crippen LogP contribution in [0.1, 0.15) is 56.1 Å². The molecule has 4 nitrogen and oxygen atoms in total. The molecule has 1 saturated heterocycles. The minimum atomic E-state index is -0.563. The summed E-state index contributed by atoms with van der Waals surface area (Å²) in [6.07, 6.45) is 12.3. The average molecular weight is 551 g/mol. The van der Waals surface area contributed by atoms with Crippen LogP contribution in [-0.4, -0.2) is 37.0 Å². The van der Waals surface area contributed by atoms with E-state index >= 15 is 0 Å². The first-order valence-corrected chi connectivity index (χ1v) is 14.9. The number of benzene rings is 3. The molecule has 1 saturated carbocycles. The maximum atomic E-state index is 11.5. The van der Waals surface area contributed by atoms with Crippen molar-refractivity contribution in [1.29, 1.82) is 0 Å². The zero-order valence-electron chi connectivity index (χ0n) is 24.2. The van der Waals surface area contributed by atoms with Gasteiger partial charge in [0.1, 0.15) is 0 Å². The van der Waals surface area contributed by atoms with Gasteiger partial charge in [0.25, 0.3) is 0 Å². The summed E-state index contributed by atoms with van der Waals surface area (Å²) >= 11 is 0. The van der Waals surface area contributed by atoms with E-state index in [4.69, 9.17) is 9.47 Å². The average Bonchev–Trinajstić information content (AvgIpc) is 3.60. The number of ether oxygens (including phenoxy) is 2. The number of hydrogen-bond acceptors (Lipinski definition) is 4. The fraction of sp³-hybridized carbons (Fsp3) is 0.378. The molecule has 2 aliphatic rings. The molecule has 0 radical (unpaired) electrons. The summed E-state index contributed by atoms with van der Waals surface area (Å²) in [5.41, 5.74) is 4.84. The highest BCUT2D eigenvalue weighted by Gasteiger charge is 2.58. The lowest BCUT2D eigenvalue weighted by atomic mass is 9.69. The minimum absolute atomic E-state index is 0.0135. The third-order valence-corrected chi connectivity index (χ3v) is 9.20. The molecule has 0 amide bonds. The Morgan fingerprint density at radius 1 is 1.00 bits per heavy atom. The normalized spacial score (nSPS) is 25.1. The highest BCUT2D eigenvalue weighted by Crippen LogP contribution is 2.57. The largest absolute Gasteiger partial charge is 0.469 e. The minimum Gasteiger partial charge on any atom is -0.469 e. The van der Waals surface area contributed by atoms with E-state index < -0.39 is 6.10 Å². The van der Waals surface area contributed by atoms with Gasteiger partial charge in [-0.2, -0.15) is 0 Å². The Labute approximate surface area is 244 Å². The highest BCUT2D eigenvalue weighted by atomic mass is 16.5. The van der Waals surface area contributed by atoms with E-state index in [9.17, 15) is 9.90 Å². The van der Waals surface area contributed by atoms with Gasteiger partial charge in [-0.05, 0) is 53.9 Å². The van der Waals surface area contributed by atoms with Gasteiger partial charge < -0.3 is 14.6 Å². The van der Waals surface area contributed by atoms with Gasteiger partial charge in [-0.15, -0.1) is 0 Å². The number of fused-ring (bicyclic) bond motifs is 2. The van der Waals surface area contributed by atoms with Crippen LogP contribution in [0.2, 0.25) is 0 Å². The number of rotatable bonds is 12. The van der Waals surface area contributed by atoms with Crippen LogP contribution in [0, 0.1) is 11.8 Å². The quantitative estimate of drug-likeness (QED) is 0.143. The number of hydrogen-bond donors (Lipinski definition) is 1. The Morgan fingerprint density at radius 3 is 2.39 bits per heavy atom. The second kappa shape index (κ2) is 13.5. The van der Waals surface area contributed by atoms with Crippen LogP contribution in [0.25, 0.3) is 11.1 Å². The SMILES string of the molecule is COC(=O)CCCC=CC[C@H]1[C@H](C=C[C@@H](O)C(C)c2ccccc2)[C@@H]2C[C@@]1(c1ccc(-c3ccccc3)cc1)CO2. The van der Waals surface area contributed by atoms with Gasteiger partial charge in [0.15, 0.2) is 0 Å². The molecular formula is C37H42O4. The summed E-state index contributed by atoms with van der Waals surface area (Å²) < 4.78 is 11.2. The molecule has 41 heavy (non-hydrogen) atoms. The third kappa shape index (κ3) is 6.55. The maximum Gasteiger partial charge on any atom is 0.305 e. The van der Waals surface area contributed by atoms with Crippen LogP contribution in [0.4, 0.5) is 0 Å². The zero-order chi connectivity index (χ0) is 28.7. The van der Waals surface area contributed by atoms with Gasteiger partial charge in [0.2, 0.25) is 0 Å². The van der Waals surface area contributed by atoms with Crippen LogP contribution >= 0.6 is 0 Å². The topological polar surface area (TPSA) is 55.8 Å². The van der Waals surface area contributed by atoms with Crippen molar-refractivity contribution in [2.75, 3.05) is 13.7 Å².